The Morgan fingerprint density at radius 1 is 0.732 bits per heavy atom. The van der Waals surface area contributed by atoms with Gasteiger partial charge >= 0.3 is 6.18 Å². The van der Waals surface area contributed by atoms with Crippen LogP contribution in [0.3, 0.4) is 0 Å². The van der Waals surface area contributed by atoms with Crippen molar-refractivity contribution in [2.45, 2.75) is 25.8 Å². The van der Waals surface area contributed by atoms with Crippen LogP contribution in [0.2, 0.25) is 5.02 Å². The summed E-state index contributed by atoms with van der Waals surface area (Å²) < 4.78 is 44.4. The first-order valence-corrected chi connectivity index (χ1v) is 14.4. The summed E-state index contributed by atoms with van der Waals surface area (Å²) in [7, 11) is 1.58. The fourth-order valence-corrected chi connectivity index (χ4v) is 6.41. The number of ketones is 1. The summed E-state index contributed by atoms with van der Waals surface area (Å²) >= 11 is 9.31. The van der Waals surface area contributed by atoms with Crippen molar-refractivity contribution in [1.82, 2.24) is 0 Å². The number of alkyl halides is 3. The van der Waals surface area contributed by atoms with Gasteiger partial charge in [0.25, 0.3) is 0 Å². The second kappa shape index (κ2) is 12.5. The molecule has 0 saturated carbocycles. The van der Waals surface area contributed by atoms with E-state index in [1.807, 2.05) is 72.8 Å². The molecule has 0 atom stereocenters. The highest BCUT2D eigenvalue weighted by atomic mass is 35.5. The number of halogens is 4. The highest BCUT2D eigenvalue weighted by Crippen LogP contribution is 2.41. The van der Waals surface area contributed by atoms with Gasteiger partial charge in [-0.05, 0) is 77.9 Å². The third-order valence-electron chi connectivity index (χ3n) is 6.23. The van der Waals surface area contributed by atoms with E-state index in [1.165, 1.54) is 35.7 Å². The van der Waals surface area contributed by atoms with Gasteiger partial charge in [-0.2, -0.15) is 13.2 Å². The number of methoxy groups -OCH3 is 1. The maximum Gasteiger partial charge on any atom is 0.416 e. The molecule has 0 aliphatic rings. The molecule has 0 amide bonds. The molecule has 0 saturated heterocycles. The molecule has 41 heavy (non-hydrogen) atoms. The topological polar surface area (TPSA) is 26.3 Å². The van der Waals surface area contributed by atoms with Crippen LogP contribution in [0.1, 0.15) is 21.5 Å². The molecule has 5 aromatic carbocycles. The third-order valence-corrected chi connectivity index (χ3v) is 8.69. The van der Waals surface area contributed by atoms with E-state index in [2.05, 4.69) is 0 Å². The minimum absolute atomic E-state index is 0.142. The van der Waals surface area contributed by atoms with Crippen molar-refractivity contribution in [3.05, 3.63) is 137 Å². The number of benzene rings is 5. The molecule has 0 fully saturated rings. The van der Waals surface area contributed by atoms with Gasteiger partial charge < -0.3 is 4.74 Å². The van der Waals surface area contributed by atoms with E-state index in [1.54, 1.807) is 25.3 Å². The SMILES string of the molecule is COc1ccc(Sc2ccc(C(F)(F)F)cc2)c(-c2ccc(Sc3cccc(Cl)c3C(=O)c3ccccc3)cc2)c1. The average molecular weight is 607 g/mol. The van der Waals surface area contributed by atoms with Crippen LogP contribution in [-0.2, 0) is 6.18 Å². The van der Waals surface area contributed by atoms with Crippen molar-refractivity contribution in [1.29, 1.82) is 0 Å². The van der Waals surface area contributed by atoms with Gasteiger partial charge in [-0.3, -0.25) is 4.79 Å². The van der Waals surface area contributed by atoms with Crippen LogP contribution in [0.5, 0.6) is 5.75 Å². The number of hydrogen-bond acceptors (Lipinski definition) is 4. The van der Waals surface area contributed by atoms with Crippen LogP contribution >= 0.6 is 35.1 Å². The standard InChI is InChI=1S/C33H22ClF3O2S2/c1-39-24-14-19-29(40-26-17-12-23(13-18-26)33(35,36)37)27(20-24)21-10-15-25(16-11-21)41-30-9-5-8-28(34)31(30)32(38)22-6-3-2-4-7-22/h2-20H,1H3. The Morgan fingerprint density at radius 3 is 2.00 bits per heavy atom. The zero-order valence-corrected chi connectivity index (χ0v) is 24.0. The largest absolute Gasteiger partial charge is 0.497 e. The lowest BCUT2D eigenvalue weighted by Crippen LogP contribution is -2.04. The molecular weight excluding hydrogens is 585 g/mol. The lowest BCUT2D eigenvalue weighted by molar-refractivity contribution is -0.137. The third kappa shape index (κ3) is 6.81. The van der Waals surface area contributed by atoms with Crippen molar-refractivity contribution in [3.8, 4) is 16.9 Å². The van der Waals surface area contributed by atoms with E-state index in [4.69, 9.17) is 16.3 Å². The summed E-state index contributed by atoms with van der Waals surface area (Å²) in [6.45, 7) is 0. The van der Waals surface area contributed by atoms with Crippen molar-refractivity contribution in [2.75, 3.05) is 7.11 Å². The zero-order chi connectivity index (χ0) is 29.0. The molecule has 0 heterocycles. The van der Waals surface area contributed by atoms with Gasteiger partial charge in [0, 0.05) is 25.1 Å². The lowest BCUT2D eigenvalue weighted by atomic mass is 10.0. The summed E-state index contributed by atoms with van der Waals surface area (Å²) in [5.41, 5.74) is 2.13. The van der Waals surface area contributed by atoms with E-state index >= 15 is 0 Å². The molecule has 0 aromatic heterocycles. The second-order valence-electron chi connectivity index (χ2n) is 8.92. The van der Waals surface area contributed by atoms with Crippen molar-refractivity contribution in [2.24, 2.45) is 0 Å². The van der Waals surface area contributed by atoms with E-state index < -0.39 is 11.7 Å². The Balaban J connectivity index is 1.42. The van der Waals surface area contributed by atoms with Crippen molar-refractivity contribution >= 4 is 40.9 Å². The monoisotopic (exact) mass is 606 g/mol. The first-order valence-electron chi connectivity index (χ1n) is 12.4. The summed E-state index contributed by atoms with van der Waals surface area (Å²) in [6.07, 6.45) is -4.38. The van der Waals surface area contributed by atoms with Gasteiger partial charge in [0.05, 0.1) is 23.3 Å². The number of hydrogen-bond donors (Lipinski definition) is 0. The number of rotatable bonds is 8. The predicted octanol–water partition coefficient (Wildman–Crippen LogP) is 10.6. The number of carbonyl (C=O) groups excluding carboxylic acids is 1. The Bertz CT molecular complexity index is 1670. The first kappa shape index (κ1) is 28.9. The predicted molar refractivity (Wildman–Crippen MR) is 159 cm³/mol. The first-order chi connectivity index (χ1) is 19.7. The summed E-state index contributed by atoms with van der Waals surface area (Å²) in [4.78, 5) is 16.5. The fraction of sp³-hybridized carbons (Fsp3) is 0.0606. The van der Waals surface area contributed by atoms with Crippen LogP contribution in [0.15, 0.2) is 135 Å². The van der Waals surface area contributed by atoms with Gasteiger partial charge in [-0.25, -0.2) is 0 Å². The van der Waals surface area contributed by atoms with Gasteiger partial charge in [0.15, 0.2) is 5.78 Å². The fourth-order valence-electron chi connectivity index (χ4n) is 4.16. The zero-order valence-electron chi connectivity index (χ0n) is 21.6. The lowest BCUT2D eigenvalue weighted by Gasteiger charge is -2.14. The maximum atomic E-state index is 13.3. The molecule has 5 rings (SSSR count). The number of ether oxygens (including phenoxy) is 1. The van der Waals surface area contributed by atoms with Gasteiger partial charge in [-0.1, -0.05) is 83.7 Å². The quantitative estimate of drug-likeness (QED) is 0.164. The molecule has 0 N–H and O–H groups in total. The molecule has 0 radical (unpaired) electrons. The summed E-state index contributed by atoms with van der Waals surface area (Å²) in [5, 5.41) is 0.391. The van der Waals surface area contributed by atoms with Crippen molar-refractivity contribution in [3.63, 3.8) is 0 Å². The van der Waals surface area contributed by atoms with Crippen LogP contribution in [-0.4, -0.2) is 12.9 Å². The van der Waals surface area contributed by atoms with Crippen LogP contribution < -0.4 is 4.74 Å². The molecule has 0 bridgehead atoms. The molecule has 0 aliphatic heterocycles. The molecule has 8 heteroatoms. The minimum atomic E-state index is -4.38. The van der Waals surface area contributed by atoms with Gasteiger partial charge in [0.1, 0.15) is 5.75 Å². The Morgan fingerprint density at radius 2 is 1.37 bits per heavy atom. The highest BCUT2D eigenvalue weighted by Gasteiger charge is 2.30. The van der Waals surface area contributed by atoms with E-state index in [9.17, 15) is 18.0 Å². The summed E-state index contributed by atoms with van der Waals surface area (Å²) in [6, 6.07) is 33.0. The van der Waals surface area contributed by atoms with Crippen LogP contribution in [0, 0.1) is 0 Å². The smallest absolute Gasteiger partial charge is 0.416 e. The van der Waals surface area contributed by atoms with Crippen LogP contribution in [0.4, 0.5) is 13.2 Å². The Kier molecular flexibility index (Phi) is 8.78. The number of carbonyl (C=O) groups is 1. The van der Waals surface area contributed by atoms with Gasteiger partial charge in [0.2, 0.25) is 0 Å². The molecule has 206 valence electrons. The van der Waals surface area contributed by atoms with Crippen LogP contribution in [0.25, 0.3) is 11.1 Å². The van der Waals surface area contributed by atoms with E-state index in [0.29, 0.717) is 26.8 Å². The van der Waals surface area contributed by atoms with E-state index in [0.717, 1.165) is 37.9 Å². The summed E-state index contributed by atoms with van der Waals surface area (Å²) in [5.74, 6) is 0.523. The molecule has 0 unspecified atom stereocenters. The molecular formula is C33H22ClF3O2S2. The normalized spacial score (nSPS) is 11.3. The second-order valence-corrected chi connectivity index (χ2v) is 11.6. The van der Waals surface area contributed by atoms with E-state index in [-0.39, 0.29) is 5.78 Å². The Labute approximate surface area is 249 Å². The average Bonchev–Trinajstić information content (AvgIpc) is 2.98. The molecule has 0 aliphatic carbocycles. The molecule has 2 nitrogen and oxygen atoms in total. The minimum Gasteiger partial charge on any atom is -0.497 e. The highest BCUT2D eigenvalue weighted by molar-refractivity contribution is 7.99. The van der Waals surface area contributed by atoms with Crippen molar-refractivity contribution < 1.29 is 22.7 Å². The molecule has 0 spiro atoms. The Hall–Kier alpha value is -3.65. The molecule has 5 aromatic rings. The van der Waals surface area contributed by atoms with Gasteiger partial charge in [-0.15, -0.1) is 0 Å². The maximum absolute atomic E-state index is 13.3.